The van der Waals surface area contributed by atoms with Gasteiger partial charge in [0.15, 0.2) is 22.2 Å². The lowest BCUT2D eigenvalue weighted by Gasteiger charge is -2.48. The number of halogens is 3. The van der Waals surface area contributed by atoms with E-state index in [1.807, 2.05) is 30.3 Å². The molecule has 79 heavy (non-hydrogen) atoms. The van der Waals surface area contributed by atoms with Gasteiger partial charge in [-0.3, -0.25) is 24.0 Å². The van der Waals surface area contributed by atoms with Gasteiger partial charge in [-0.25, -0.2) is 18.0 Å². The van der Waals surface area contributed by atoms with Gasteiger partial charge in [0.05, 0.1) is 49.2 Å². The second kappa shape index (κ2) is 32.0. The predicted octanol–water partition coefficient (Wildman–Crippen LogP) is 5.25. The standard InChI is InChI=1S/C53H68Cl3N3O19S/c1-31(26-71-36(6)61)45(76-37(7)62)47(77-38(8)63)43(59-52(66)73-30-53(54,55)56)33(3)74-46-42(29-69-27-39-18-12-9-13-19-39)78-51(72-28-40-20-14-10-15-21-40)44(58-35(5)60)48(46)75-34(4)49(64)57-32(2)50(65)70-24-25-79(67,68)41-22-16-11-17-23-41/h9-23,31-34,42-48,51H,24-30H2,1-8H3,(H,57,64)(H,58,60)(H,59,66)/t31-,32-,33+,34+,42?,43?,44?,45+,46+,47?,48+,51-/m0/s1. The van der Waals surface area contributed by atoms with Crippen LogP contribution in [0.1, 0.15) is 66.5 Å². The van der Waals surface area contributed by atoms with Crippen molar-refractivity contribution in [2.45, 2.75) is 144 Å². The lowest BCUT2D eigenvalue weighted by atomic mass is 9.91. The zero-order chi connectivity index (χ0) is 58.5. The average Bonchev–Trinajstić information content (AvgIpc) is 3.42. The Hall–Kier alpha value is -5.63. The smallest absolute Gasteiger partial charge is 0.407 e. The second-order valence-corrected chi connectivity index (χ2v) is 23.1. The van der Waals surface area contributed by atoms with Gasteiger partial charge in [-0.1, -0.05) is 121 Å². The normalized spacial score (nSPS) is 20.1. The van der Waals surface area contributed by atoms with Gasteiger partial charge in [-0.2, -0.15) is 0 Å². The van der Waals surface area contributed by atoms with Crippen molar-refractivity contribution in [1.82, 2.24) is 16.0 Å². The first-order chi connectivity index (χ1) is 37.2. The lowest BCUT2D eigenvalue weighted by molar-refractivity contribution is -0.300. The summed E-state index contributed by atoms with van der Waals surface area (Å²) >= 11 is 17.8. The van der Waals surface area contributed by atoms with Crippen LogP contribution >= 0.6 is 34.8 Å². The molecule has 0 radical (unpaired) electrons. The molecular formula is C53H68Cl3N3O19S. The SMILES string of the molecule is CC(=O)NC1[C@@H](OCc2ccccc2)OC(COCc2ccccc2)[C@@H](O[C@H](C)C(NC(=O)OCC(Cl)(Cl)Cl)C(OC(C)=O)[C@H](OC(C)=O)[C@@H](C)COC(C)=O)[C@@H]1O[C@H](C)C(=O)N[C@@H](C)C(=O)OCCS(=O)(=O)c1ccccc1. The average molecular weight is 1190 g/mol. The van der Waals surface area contributed by atoms with Gasteiger partial charge < -0.3 is 63.3 Å². The summed E-state index contributed by atoms with van der Waals surface area (Å²) in [7, 11) is -3.82. The Morgan fingerprint density at radius 3 is 1.81 bits per heavy atom. The Morgan fingerprint density at radius 1 is 0.684 bits per heavy atom. The fourth-order valence-electron chi connectivity index (χ4n) is 8.03. The lowest BCUT2D eigenvalue weighted by Crippen LogP contribution is -2.68. The van der Waals surface area contributed by atoms with Gasteiger partial charge in [0.1, 0.15) is 55.8 Å². The number of rotatable bonds is 29. The van der Waals surface area contributed by atoms with Crippen molar-refractivity contribution in [3.63, 3.8) is 0 Å². The topological polar surface area (TPSA) is 282 Å². The van der Waals surface area contributed by atoms with Crippen LogP contribution in [0, 0.1) is 5.92 Å². The van der Waals surface area contributed by atoms with Gasteiger partial charge in [0.2, 0.25) is 15.6 Å². The molecule has 1 aliphatic rings. The Bertz CT molecular complexity index is 2570. The molecule has 3 aromatic rings. The molecule has 1 saturated heterocycles. The molecule has 1 fully saturated rings. The summed E-state index contributed by atoms with van der Waals surface area (Å²) < 4.78 is 83.6. The molecule has 0 saturated carbocycles. The third kappa shape index (κ3) is 22.8. The molecule has 1 aliphatic heterocycles. The third-order valence-corrected chi connectivity index (χ3v) is 13.8. The molecule has 22 nitrogen and oxygen atoms in total. The summed E-state index contributed by atoms with van der Waals surface area (Å²) in [4.78, 5) is 92.1. The number of benzene rings is 3. The molecule has 4 rings (SSSR count). The van der Waals surface area contributed by atoms with Gasteiger partial charge >= 0.3 is 30.0 Å². The van der Waals surface area contributed by atoms with Crippen LogP contribution in [0.25, 0.3) is 0 Å². The maximum atomic E-state index is 14.1. The van der Waals surface area contributed by atoms with E-state index in [1.54, 1.807) is 48.5 Å². The van der Waals surface area contributed by atoms with E-state index < -0.39 is 147 Å². The van der Waals surface area contributed by atoms with Crippen LogP contribution in [0.2, 0.25) is 0 Å². The summed E-state index contributed by atoms with van der Waals surface area (Å²) in [5, 5.41) is 7.90. The minimum atomic E-state index is -3.82. The van der Waals surface area contributed by atoms with Crippen LogP contribution in [0.5, 0.6) is 0 Å². The number of hydrogen-bond acceptors (Lipinski definition) is 19. The van der Waals surface area contributed by atoms with Crippen LogP contribution in [0.3, 0.4) is 0 Å². The molecule has 1 heterocycles. The number of ether oxygens (including phenoxy) is 10. The molecule has 12 atom stereocenters. The molecule has 4 unspecified atom stereocenters. The van der Waals surface area contributed by atoms with E-state index in [2.05, 4.69) is 16.0 Å². The van der Waals surface area contributed by atoms with Crippen LogP contribution in [0.4, 0.5) is 4.79 Å². The molecule has 3 N–H and O–H groups in total. The fraction of sp³-hybridized carbons (Fsp3) is 0.528. The van der Waals surface area contributed by atoms with Gasteiger partial charge in [0.25, 0.3) is 0 Å². The molecule has 436 valence electrons. The summed E-state index contributed by atoms with van der Waals surface area (Å²) in [5.74, 6) is -6.40. The first kappa shape index (κ1) is 65.9. The predicted molar refractivity (Wildman–Crippen MR) is 285 cm³/mol. The highest BCUT2D eigenvalue weighted by molar-refractivity contribution is 7.91. The van der Waals surface area contributed by atoms with Crippen molar-refractivity contribution >= 4 is 86.4 Å². The molecule has 26 heteroatoms. The number of sulfone groups is 1. The van der Waals surface area contributed by atoms with E-state index in [4.69, 9.17) is 82.2 Å². The molecule has 0 spiro atoms. The third-order valence-electron chi connectivity index (χ3n) is 11.7. The van der Waals surface area contributed by atoms with Gasteiger partial charge in [-0.15, -0.1) is 0 Å². The van der Waals surface area contributed by atoms with Gasteiger partial charge in [-0.05, 0) is 44.0 Å². The molecule has 3 amide bonds. The zero-order valence-electron chi connectivity index (χ0n) is 44.8. The number of carbonyl (C=O) groups excluding carboxylic acids is 7. The minimum Gasteiger partial charge on any atom is -0.465 e. The van der Waals surface area contributed by atoms with E-state index in [-0.39, 0.29) is 31.3 Å². The molecule has 3 aromatic carbocycles. The number of alkyl carbamates (subject to hydrolysis) is 1. The largest absolute Gasteiger partial charge is 0.465 e. The van der Waals surface area contributed by atoms with Crippen molar-refractivity contribution < 1.29 is 89.3 Å². The highest BCUT2D eigenvalue weighted by atomic mass is 35.6. The fourth-order valence-corrected chi connectivity index (χ4v) is 9.30. The number of hydrogen-bond donors (Lipinski definition) is 3. The van der Waals surface area contributed by atoms with Crippen molar-refractivity contribution in [2.24, 2.45) is 5.92 Å². The number of amides is 3. The Labute approximate surface area is 474 Å². The Kier molecular flexibility index (Phi) is 26.7. The zero-order valence-corrected chi connectivity index (χ0v) is 47.9. The van der Waals surface area contributed by atoms with Gasteiger partial charge in [0, 0.05) is 33.6 Å². The van der Waals surface area contributed by atoms with Crippen LogP contribution < -0.4 is 16.0 Å². The first-order valence-electron chi connectivity index (χ1n) is 25.0. The molecular weight excluding hydrogens is 1120 g/mol. The van der Waals surface area contributed by atoms with Crippen LogP contribution in [0.15, 0.2) is 95.9 Å². The van der Waals surface area contributed by atoms with E-state index in [9.17, 15) is 42.0 Å². The minimum absolute atomic E-state index is 0.0333. The van der Waals surface area contributed by atoms with E-state index in [1.165, 1.54) is 46.8 Å². The van der Waals surface area contributed by atoms with E-state index in [0.29, 0.717) is 5.56 Å². The summed E-state index contributed by atoms with van der Waals surface area (Å²) in [5.41, 5.74) is 1.47. The quantitative estimate of drug-likeness (QED) is 0.0455. The highest BCUT2D eigenvalue weighted by Gasteiger charge is 2.52. The summed E-state index contributed by atoms with van der Waals surface area (Å²) in [6, 6.07) is 21.3. The van der Waals surface area contributed by atoms with Crippen molar-refractivity contribution in [2.75, 3.05) is 32.2 Å². The highest BCUT2D eigenvalue weighted by Crippen LogP contribution is 2.33. The number of esters is 4. The maximum Gasteiger partial charge on any atom is 0.407 e. The molecule has 0 aromatic heterocycles. The van der Waals surface area contributed by atoms with Crippen LogP contribution in [-0.2, 0) is 99.2 Å². The van der Waals surface area contributed by atoms with Crippen molar-refractivity contribution in [3.8, 4) is 0 Å². The number of nitrogens with one attached hydrogen (secondary N) is 3. The van der Waals surface area contributed by atoms with Crippen molar-refractivity contribution in [1.29, 1.82) is 0 Å². The molecule has 0 bridgehead atoms. The van der Waals surface area contributed by atoms with E-state index in [0.717, 1.165) is 26.3 Å². The molecule has 0 aliphatic carbocycles. The Balaban J connectivity index is 1.82. The summed E-state index contributed by atoms with van der Waals surface area (Å²) in [6.45, 7) is 8.12. The van der Waals surface area contributed by atoms with E-state index >= 15 is 0 Å². The monoisotopic (exact) mass is 1190 g/mol. The first-order valence-corrected chi connectivity index (χ1v) is 27.8. The number of alkyl halides is 3. The Morgan fingerprint density at radius 2 is 1.25 bits per heavy atom. The number of carbonyl (C=O) groups is 7. The summed E-state index contributed by atoms with van der Waals surface area (Å²) in [6.07, 6.45) is -13.0. The second-order valence-electron chi connectivity index (χ2n) is 18.4. The van der Waals surface area contributed by atoms with Crippen molar-refractivity contribution in [3.05, 3.63) is 102 Å². The van der Waals surface area contributed by atoms with Crippen LogP contribution in [-0.4, -0.2) is 153 Å². The maximum absolute atomic E-state index is 14.1.